The van der Waals surface area contributed by atoms with Crippen LogP contribution in [0.5, 0.6) is 5.75 Å². The van der Waals surface area contributed by atoms with E-state index >= 15 is 0 Å². The van der Waals surface area contributed by atoms with Gasteiger partial charge in [-0.05, 0) is 34.3 Å². The molecule has 1 fully saturated rings. The highest BCUT2D eigenvalue weighted by molar-refractivity contribution is 6.77. The highest BCUT2D eigenvalue weighted by atomic mass is 28.4. The van der Waals surface area contributed by atoms with Gasteiger partial charge in [-0.25, -0.2) is 4.79 Å². The van der Waals surface area contributed by atoms with Gasteiger partial charge < -0.3 is 24.6 Å². The summed E-state index contributed by atoms with van der Waals surface area (Å²) < 4.78 is 6.94. The number of piperidine rings is 1. The van der Waals surface area contributed by atoms with Crippen molar-refractivity contribution >= 4 is 14.5 Å². The van der Waals surface area contributed by atoms with E-state index < -0.39 is 26.7 Å². The summed E-state index contributed by atoms with van der Waals surface area (Å²) >= 11 is 0. The number of aliphatic hydroxyl groups is 1. The Hall–Kier alpha value is -1.61. The summed E-state index contributed by atoms with van der Waals surface area (Å²) in [5.41, 5.74) is 1.89. The Morgan fingerprint density at radius 2 is 1.55 bits per heavy atom. The lowest BCUT2D eigenvalue weighted by atomic mass is 9.85. The van der Waals surface area contributed by atoms with Gasteiger partial charge in [-0.1, -0.05) is 53.7 Å². The summed E-state index contributed by atoms with van der Waals surface area (Å²) in [6.45, 7) is 13.4. The Labute approximate surface area is 174 Å². The Morgan fingerprint density at radius 1 is 1.03 bits per heavy atom. The Balaban J connectivity index is 2.45. The molecule has 8 heteroatoms. The van der Waals surface area contributed by atoms with E-state index in [9.17, 15) is 15.0 Å². The maximum absolute atomic E-state index is 11.1. The number of β-amino-alcohol motifs (C(OH)–C–C–N with tert-alkyl or cyclic N) is 1. The van der Waals surface area contributed by atoms with Gasteiger partial charge in [-0.3, -0.25) is 0 Å². The van der Waals surface area contributed by atoms with E-state index in [1.54, 1.807) is 24.3 Å². The number of hydrogen-bond donors (Lipinski definition) is 3. The van der Waals surface area contributed by atoms with Gasteiger partial charge >= 0.3 is 6.16 Å². The van der Waals surface area contributed by atoms with E-state index in [1.165, 1.54) is 5.06 Å². The third-order valence-electron chi connectivity index (χ3n) is 6.14. The number of phenolic OH excluding ortho intramolecular Hbond substituents is 1. The number of benzene rings is 1. The van der Waals surface area contributed by atoms with E-state index in [4.69, 9.17) is 14.4 Å². The summed E-state index contributed by atoms with van der Waals surface area (Å²) in [6.07, 6.45) is -2.70. The summed E-state index contributed by atoms with van der Waals surface area (Å²) in [4.78, 5) is 16.0. The van der Waals surface area contributed by atoms with Crippen molar-refractivity contribution in [3.8, 4) is 5.75 Å². The van der Waals surface area contributed by atoms with Crippen LogP contribution in [0.2, 0.25) is 16.6 Å². The van der Waals surface area contributed by atoms with Crippen molar-refractivity contribution < 1.29 is 29.4 Å². The van der Waals surface area contributed by atoms with Gasteiger partial charge in [-0.2, -0.15) is 0 Å². The maximum Gasteiger partial charge on any atom is 0.525 e. The third-order valence-corrected chi connectivity index (χ3v) is 12.3. The first-order valence-electron chi connectivity index (χ1n) is 10.3. The van der Waals surface area contributed by atoms with Crippen molar-refractivity contribution in [2.45, 2.75) is 76.3 Å². The number of phenols is 1. The quantitative estimate of drug-likeness (QED) is 0.559. The van der Waals surface area contributed by atoms with Crippen LogP contribution in [0.1, 0.15) is 53.0 Å². The molecule has 0 radical (unpaired) electrons. The minimum Gasteiger partial charge on any atom is -0.508 e. The highest BCUT2D eigenvalue weighted by Gasteiger charge is 2.50. The molecule has 7 nitrogen and oxygen atoms in total. The van der Waals surface area contributed by atoms with Gasteiger partial charge in [0.1, 0.15) is 5.75 Å². The molecule has 164 valence electrons. The first-order valence-corrected chi connectivity index (χ1v) is 12.4. The van der Waals surface area contributed by atoms with Crippen molar-refractivity contribution in [2.24, 2.45) is 0 Å². The predicted octanol–water partition coefficient (Wildman–Crippen LogP) is 4.32. The topological polar surface area (TPSA) is 99.5 Å². The van der Waals surface area contributed by atoms with Crippen LogP contribution in [0.3, 0.4) is 0 Å². The van der Waals surface area contributed by atoms with E-state index in [2.05, 4.69) is 41.5 Å². The zero-order valence-corrected chi connectivity index (χ0v) is 19.2. The second kappa shape index (κ2) is 9.47. The number of aliphatic hydroxyl groups excluding tert-OH is 1. The van der Waals surface area contributed by atoms with E-state index in [0.717, 1.165) is 5.56 Å². The van der Waals surface area contributed by atoms with Crippen LogP contribution in [0.15, 0.2) is 24.3 Å². The normalized spacial score (nSPS) is 23.7. The molecule has 0 aromatic heterocycles. The van der Waals surface area contributed by atoms with E-state index in [-0.39, 0.29) is 24.8 Å². The number of rotatable bonds is 7. The maximum atomic E-state index is 11.1. The fourth-order valence-electron chi connectivity index (χ4n) is 5.06. The van der Waals surface area contributed by atoms with Crippen molar-refractivity contribution in [1.82, 2.24) is 5.06 Å². The van der Waals surface area contributed by atoms with Crippen LogP contribution in [-0.4, -0.2) is 60.2 Å². The third kappa shape index (κ3) is 5.12. The second-order valence-corrected chi connectivity index (χ2v) is 14.3. The molecule has 0 amide bonds. The van der Waals surface area contributed by atoms with Gasteiger partial charge in [0.2, 0.25) is 8.32 Å². The molecule has 1 saturated heterocycles. The second-order valence-electron chi connectivity index (χ2n) is 8.86. The standard InChI is InChI=1S/C21H35NO6Si/c1-13(2)29(14(3)4,15(5)6)28-19-12-22(27-21(25)26)11-18(24)20(19)16-7-9-17(23)10-8-16/h7-10,13-15,18-20,23-24H,11-12H2,1-6H3,(H,25,26). The lowest BCUT2D eigenvalue weighted by Gasteiger charge is -2.49. The van der Waals surface area contributed by atoms with Crippen LogP contribution in [0.25, 0.3) is 0 Å². The smallest absolute Gasteiger partial charge is 0.508 e. The molecule has 1 heterocycles. The van der Waals surface area contributed by atoms with Crippen LogP contribution in [0.4, 0.5) is 4.79 Å². The molecular weight excluding hydrogens is 390 g/mol. The molecule has 1 aromatic carbocycles. The van der Waals surface area contributed by atoms with E-state index in [1.807, 2.05) is 0 Å². The summed E-state index contributed by atoms with van der Waals surface area (Å²) in [5.74, 6) is -0.185. The van der Waals surface area contributed by atoms with Crippen LogP contribution < -0.4 is 0 Å². The minimum absolute atomic E-state index is 0.0668. The molecule has 29 heavy (non-hydrogen) atoms. The monoisotopic (exact) mass is 425 g/mol. The predicted molar refractivity (Wildman–Crippen MR) is 113 cm³/mol. The molecule has 3 N–H and O–H groups in total. The molecule has 0 bridgehead atoms. The number of carbonyl (C=O) groups is 1. The number of carboxylic acid groups (broad SMARTS) is 1. The summed E-state index contributed by atoms with van der Waals surface area (Å²) in [5, 5.41) is 30.9. The SMILES string of the molecule is CC(C)[Si](OC1CN(OC(=O)O)CC(O)C1c1ccc(O)cc1)(C(C)C)C(C)C. The fraction of sp³-hybridized carbons (Fsp3) is 0.667. The molecule has 3 atom stereocenters. The Kier molecular flexibility index (Phi) is 7.72. The minimum atomic E-state index is -2.29. The number of nitrogens with zero attached hydrogens (tertiary/aromatic N) is 1. The molecular formula is C21H35NO6Si. The average molecular weight is 426 g/mol. The summed E-state index contributed by atoms with van der Waals surface area (Å²) in [7, 11) is -2.29. The molecule has 1 aliphatic rings. The molecule has 0 aliphatic carbocycles. The zero-order chi connectivity index (χ0) is 21.9. The van der Waals surface area contributed by atoms with Gasteiger partial charge in [0.15, 0.2) is 0 Å². The van der Waals surface area contributed by atoms with Gasteiger partial charge in [0, 0.05) is 5.92 Å². The summed E-state index contributed by atoms with van der Waals surface area (Å²) in [6, 6.07) is 6.77. The average Bonchev–Trinajstić information content (AvgIpc) is 2.59. The Bertz CT molecular complexity index is 656. The first-order chi connectivity index (χ1) is 13.5. The zero-order valence-electron chi connectivity index (χ0n) is 18.2. The van der Waals surface area contributed by atoms with Crippen molar-refractivity contribution in [2.75, 3.05) is 13.1 Å². The van der Waals surface area contributed by atoms with Gasteiger partial charge in [-0.15, -0.1) is 5.06 Å². The van der Waals surface area contributed by atoms with Crippen LogP contribution >= 0.6 is 0 Å². The molecule has 1 aromatic rings. The first kappa shape index (κ1) is 23.7. The molecule has 0 saturated carbocycles. The van der Waals surface area contributed by atoms with Crippen molar-refractivity contribution in [3.63, 3.8) is 0 Å². The number of hydrogen-bond acceptors (Lipinski definition) is 6. The van der Waals surface area contributed by atoms with Crippen molar-refractivity contribution in [3.05, 3.63) is 29.8 Å². The van der Waals surface area contributed by atoms with E-state index in [0.29, 0.717) is 16.6 Å². The molecule has 0 spiro atoms. The van der Waals surface area contributed by atoms with Crippen molar-refractivity contribution in [1.29, 1.82) is 0 Å². The van der Waals surface area contributed by atoms with Gasteiger partial charge in [0.25, 0.3) is 0 Å². The number of hydroxylamine groups is 2. The number of aromatic hydroxyl groups is 1. The largest absolute Gasteiger partial charge is 0.525 e. The highest BCUT2D eigenvalue weighted by Crippen LogP contribution is 2.45. The lowest BCUT2D eigenvalue weighted by molar-refractivity contribution is -0.178. The lowest BCUT2D eigenvalue weighted by Crippen LogP contribution is -2.58. The van der Waals surface area contributed by atoms with Gasteiger partial charge in [0.05, 0.1) is 25.3 Å². The Morgan fingerprint density at radius 3 is 2.00 bits per heavy atom. The van der Waals surface area contributed by atoms with Crippen LogP contribution in [-0.2, 0) is 9.26 Å². The molecule has 3 unspecified atom stereocenters. The molecule has 2 rings (SSSR count). The van der Waals surface area contributed by atoms with Crippen LogP contribution in [0, 0.1) is 0 Å². The molecule has 1 aliphatic heterocycles. The fourth-order valence-corrected chi connectivity index (χ4v) is 10.6.